The highest BCUT2D eigenvalue weighted by Gasteiger charge is 2.23. The van der Waals surface area contributed by atoms with E-state index in [9.17, 15) is 13.2 Å². The number of nitrogens with zero attached hydrogens (tertiary/aromatic N) is 2. The first-order chi connectivity index (χ1) is 8.81. The standard InChI is InChI=1S/C9H8BrN3O4S2/c1-13-8(5(4-11-13)9(14)15)12-19(16,17)7-3-2-6(10)18-7/h2-4,12H,1H3,(H,14,15). The molecular weight excluding hydrogens is 358 g/mol. The molecule has 0 saturated heterocycles. The van der Waals surface area contributed by atoms with Crippen molar-refractivity contribution >= 4 is 49.1 Å². The molecule has 0 fully saturated rings. The number of halogens is 1. The van der Waals surface area contributed by atoms with E-state index < -0.39 is 16.0 Å². The fraction of sp³-hybridized carbons (Fsp3) is 0.111. The topological polar surface area (TPSA) is 101 Å². The van der Waals surface area contributed by atoms with E-state index in [1.165, 1.54) is 13.1 Å². The second-order valence-electron chi connectivity index (χ2n) is 3.50. The number of hydrogen-bond donors (Lipinski definition) is 2. The number of carboxylic acids is 1. The van der Waals surface area contributed by atoms with Crippen LogP contribution < -0.4 is 4.72 Å². The van der Waals surface area contributed by atoms with Crippen LogP contribution in [0.25, 0.3) is 0 Å². The largest absolute Gasteiger partial charge is 0.477 e. The first-order valence-electron chi connectivity index (χ1n) is 4.84. The summed E-state index contributed by atoms with van der Waals surface area (Å²) in [6.45, 7) is 0. The maximum Gasteiger partial charge on any atom is 0.341 e. The van der Waals surface area contributed by atoms with Crippen LogP contribution in [0.4, 0.5) is 5.82 Å². The predicted molar refractivity (Wildman–Crippen MR) is 73.0 cm³/mol. The van der Waals surface area contributed by atoms with E-state index in [0.29, 0.717) is 3.79 Å². The number of sulfonamides is 1. The number of aryl methyl sites for hydroxylation is 1. The minimum absolute atomic E-state index is 0.0805. The van der Waals surface area contributed by atoms with E-state index in [1.54, 1.807) is 6.07 Å². The molecule has 2 heterocycles. The Kier molecular flexibility index (Phi) is 3.65. The van der Waals surface area contributed by atoms with Gasteiger partial charge in [0, 0.05) is 7.05 Å². The van der Waals surface area contributed by atoms with Crippen molar-refractivity contribution in [2.75, 3.05) is 4.72 Å². The third-order valence-electron chi connectivity index (χ3n) is 2.21. The van der Waals surface area contributed by atoms with Gasteiger partial charge < -0.3 is 5.11 Å². The number of hydrogen-bond acceptors (Lipinski definition) is 5. The number of rotatable bonds is 4. The highest BCUT2D eigenvalue weighted by molar-refractivity contribution is 9.11. The highest BCUT2D eigenvalue weighted by atomic mass is 79.9. The van der Waals surface area contributed by atoms with Gasteiger partial charge in [-0.1, -0.05) is 0 Å². The number of nitrogens with one attached hydrogen (secondary N) is 1. The normalized spacial score (nSPS) is 11.5. The van der Waals surface area contributed by atoms with E-state index >= 15 is 0 Å². The van der Waals surface area contributed by atoms with Gasteiger partial charge in [-0.05, 0) is 28.1 Å². The lowest BCUT2D eigenvalue weighted by Gasteiger charge is -2.07. The molecule has 0 saturated carbocycles. The summed E-state index contributed by atoms with van der Waals surface area (Å²) in [6.07, 6.45) is 1.09. The van der Waals surface area contributed by atoms with Crippen LogP contribution in [-0.2, 0) is 17.1 Å². The maximum absolute atomic E-state index is 12.1. The summed E-state index contributed by atoms with van der Waals surface area (Å²) in [5.41, 5.74) is -0.207. The van der Waals surface area contributed by atoms with Crippen molar-refractivity contribution in [3.05, 3.63) is 27.7 Å². The first-order valence-corrected chi connectivity index (χ1v) is 7.94. The Morgan fingerprint density at radius 3 is 2.74 bits per heavy atom. The van der Waals surface area contributed by atoms with Crippen molar-refractivity contribution in [3.8, 4) is 0 Å². The van der Waals surface area contributed by atoms with Crippen molar-refractivity contribution in [2.45, 2.75) is 4.21 Å². The fourth-order valence-corrected chi connectivity index (χ4v) is 4.45. The van der Waals surface area contributed by atoms with Crippen LogP contribution in [0, 0.1) is 0 Å². The first kappa shape index (κ1) is 14.0. The van der Waals surface area contributed by atoms with Gasteiger partial charge >= 0.3 is 5.97 Å². The van der Waals surface area contributed by atoms with Crippen LogP contribution in [-0.4, -0.2) is 29.3 Å². The molecule has 0 atom stereocenters. The van der Waals surface area contributed by atoms with Crippen LogP contribution >= 0.6 is 27.3 Å². The second-order valence-corrected chi connectivity index (χ2v) is 7.87. The molecule has 0 aliphatic heterocycles. The Morgan fingerprint density at radius 2 is 2.21 bits per heavy atom. The van der Waals surface area contributed by atoms with Gasteiger partial charge in [0.05, 0.1) is 9.98 Å². The molecule has 0 radical (unpaired) electrons. The van der Waals surface area contributed by atoms with Gasteiger partial charge in [-0.25, -0.2) is 13.2 Å². The molecule has 0 amide bonds. The third kappa shape index (κ3) is 2.80. The zero-order chi connectivity index (χ0) is 14.2. The van der Waals surface area contributed by atoms with Crippen LogP contribution in [0.1, 0.15) is 10.4 Å². The van der Waals surface area contributed by atoms with Crippen molar-refractivity contribution in [2.24, 2.45) is 7.05 Å². The van der Waals surface area contributed by atoms with Gasteiger partial charge in [0.15, 0.2) is 5.82 Å². The van der Waals surface area contributed by atoms with Crippen LogP contribution in [0.3, 0.4) is 0 Å². The summed E-state index contributed by atoms with van der Waals surface area (Å²) >= 11 is 4.20. The van der Waals surface area contributed by atoms with Crippen LogP contribution in [0.2, 0.25) is 0 Å². The molecule has 19 heavy (non-hydrogen) atoms. The van der Waals surface area contributed by atoms with Crippen LogP contribution in [0.15, 0.2) is 26.3 Å². The molecule has 2 aromatic rings. The highest BCUT2D eigenvalue weighted by Crippen LogP contribution is 2.28. The molecule has 0 bridgehead atoms. The lowest BCUT2D eigenvalue weighted by molar-refractivity contribution is 0.0698. The molecule has 0 aliphatic rings. The van der Waals surface area contributed by atoms with E-state index in [0.717, 1.165) is 22.2 Å². The van der Waals surface area contributed by atoms with E-state index in [1.807, 2.05) is 0 Å². The number of aromatic nitrogens is 2. The summed E-state index contributed by atoms with van der Waals surface area (Å²) in [4.78, 5) is 11.0. The third-order valence-corrected chi connectivity index (χ3v) is 5.67. The maximum atomic E-state index is 12.1. The van der Waals surface area contributed by atoms with Gasteiger partial charge in [0.25, 0.3) is 10.0 Å². The van der Waals surface area contributed by atoms with Gasteiger partial charge in [0.1, 0.15) is 9.77 Å². The minimum Gasteiger partial charge on any atom is -0.477 e. The molecule has 0 spiro atoms. The Bertz CT molecular complexity index is 734. The smallest absolute Gasteiger partial charge is 0.341 e. The molecule has 0 aliphatic carbocycles. The average Bonchev–Trinajstić information content (AvgIpc) is 2.87. The second kappa shape index (κ2) is 4.94. The SMILES string of the molecule is Cn1ncc(C(=O)O)c1NS(=O)(=O)c1ccc(Br)s1. The summed E-state index contributed by atoms with van der Waals surface area (Å²) in [6, 6.07) is 3.02. The number of carbonyl (C=O) groups is 1. The Labute approximate surface area is 121 Å². The van der Waals surface area contributed by atoms with Gasteiger partial charge in [-0.3, -0.25) is 9.40 Å². The van der Waals surface area contributed by atoms with Gasteiger partial charge in [-0.15, -0.1) is 11.3 Å². The molecule has 102 valence electrons. The molecule has 2 aromatic heterocycles. The van der Waals surface area contributed by atoms with Gasteiger partial charge in [0.2, 0.25) is 0 Å². The van der Waals surface area contributed by atoms with Crippen molar-refractivity contribution in [1.82, 2.24) is 9.78 Å². The lowest BCUT2D eigenvalue weighted by Crippen LogP contribution is -2.16. The number of anilines is 1. The summed E-state index contributed by atoms with van der Waals surface area (Å²) in [5, 5.41) is 12.7. The summed E-state index contributed by atoms with van der Waals surface area (Å²) in [7, 11) is -2.37. The summed E-state index contributed by atoms with van der Waals surface area (Å²) < 4.78 is 28.3. The Hall–Kier alpha value is -1.39. The molecule has 2 rings (SSSR count). The van der Waals surface area contributed by atoms with Crippen molar-refractivity contribution in [3.63, 3.8) is 0 Å². The van der Waals surface area contributed by atoms with Crippen molar-refractivity contribution < 1.29 is 18.3 Å². The van der Waals surface area contributed by atoms with Gasteiger partial charge in [-0.2, -0.15) is 5.10 Å². The zero-order valence-electron chi connectivity index (χ0n) is 9.49. The molecule has 0 aromatic carbocycles. The van der Waals surface area contributed by atoms with Crippen LogP contribution in [0.5, 0.6) is 0 Å². The molecule has 2 N–H and O–H groups in total. The summed E-state index contributed by atoms with van der Waals surface area (Å²) in [5.74, 6) is -1.34. The quantitative estimate of drug-likeness (QED) is 0.859. The molecule has 7 nitrogen and oxygen atoms in total. The number of aromatic carboxylic acids is 1. The zero-order valence-corrected chi connectivity index (χ0v) is 12.7. The molecule has 10 heteroatoms. The molecule has 0 unspecified atom stereocenters. The fourth-order valence-electron chi connectivity index (χ4n) is 1.33. The lowest BCUT2D eigenvalue weighted by atomic mass is 10.3. The van der Waals surface area contributed by atoms with E-state index in [-0.39, 0.29) is 15.6 Å². The predicted octanol–water partition coefficient (Wildman–Crippen LogP) is 1.74. The monoisotopic (exact) mass is 365 g/mol. The molecular formula is C9H8BrN3O4S2. The Balaban J connectivity index is 2.41. The minimum atomic E-state index is -3.83. The Morgan fingerprint density at radius 1 is 1.53 bits per heavy atom. The van der Waals surface area contributed by atoms with Crippen molar-refractivity contribution in [1.29, 1.82) is 0 Å². The number of thiophene rings is 1. The number of carboxylic acid groups (broad SMARTS) is 1. The average molecular weight is 366 g/mol. The van der Waals surface area contributed by atoms with E-state index in [2.05, 4.69) is 25.8 Å². The van der Waals surface area contributed by atoms with E-state index in [4.69, 9.17) is 5.11 Å².